The maximum absolute atomic E-state index is 13.1. The number of carbonyl (C=O) groups excluding carboxylic acids is 2. The molecule has 1 aliphatic heterocycles. The van der Waals surface area contributed by atoms with Crippen molar-refractivity contribution in [3.8, 4) is 0 Å². The molecule has 1 aromatic rings. The molecule has 0 saturated heterocycles. The van der Waals surface area contributed by atoms with Gasteiger partial charge in [0.2, 0.25) is 0 Å². The smallest absolute Gasteiger partial charge is 0.434 e. The molecule has 10 heteroatoms. The van der Waals surface area contributed by atoms with Crippen LogP contribution in [0.2, 0.25) is 0 Å². The van der Waals surface area contributed by atoms with Gasteiger partial charge in [0.05, 0.1) is 30.2 Å². The average molecular weight is 469 g/mol. The third kappa shape index (κ3) is 5.43. The molecular formula is C23H26F3NO6. The van der Waals surface area contributed by atoms with Crippen LogP contribution in [-0.2, 0) is 25.1 Å². The molecule has 0 N–H and O–H groups in total. The number of nitrogens with zero attached hydrogens (tertiary/aromatic N) is 1. The summed E-state index contributed by atoms with van der Waals surface area (Å²) < 4.78 is 60.2. The number of alkyl halides is 3. The highest BCUT2D eigenvalue weighted by atomic mass is 19.4. The molecule has 1 fully saturated rings. The van der Waals surface area contributed by atoms with Crippen molar-refractivity contribution in [1.29, 1.82) is 0 Å². The fraction of sp³-hybridized carbons (Fsp3) is 0.478. The zero-order chi connectivity index (χ0) is 24.3. The summed E-state index contributed by atoms with van der Waals surface area (Å²) >= 11 is 0. The lowest BCUT2D eigenvalue weighted by Gasteiger charge is -2.37. The molecule has 33 heavy (non-hydrogen) atoms. The van der Waals surface area contributed by atoms with Crippen molar-refractivity contribution >= 4 is 12.3 Å². The van der Waals surface area contributed by atoms with Gasteiger partial charge in [-0.2, -0.15) is 13.2 Å². The number of carbonyl (C=O) groups is 2. The largest absolute Gasteiger partial charge is 0.513 e. The molecule has 0 atom stereocenters. The van der Waals surface area contributed by atoms with E-state index in [0.29, 0.717) is 17.0 Å². The van der Waals surface area contributed by atoms with Crippen molar-refractivity contribution in [3.63, 3.8) is 0 Å². The van der Waals surface area contributed by atoms with E-state index in [1.807, 2.05) is 4.90 Å². The summed E-state index contributed by atoms with van der Waals surface area (Å²) in [5.41, 5.74) is 0.688. The number of benzene rings is 1. The Morgan fingerprint density at radius 1 is 0.909 bits per heavy atom. The first-order valence-electron chi connectivity index (χ1n) is 10.7. The normalized spacial score (nSPS) is 17.2. The molecular weight excluding hydrogens is 443 g/mol. The van der Waals surface area contributed by atoms with Gasteiger partial charge in [-0.3, -0.25) is 0 Å². The summed E-state index contributed by atoms with van der Waals surface area (Å²) in [6.45, 7) is 6.87. The van der Waals surface area contributed by atoms with Gasteiger partial charge < -0.3 is 23.8 Å². The van der Waals surface area contributed by atoms with Gasteiger partial charge in [-0.05, 0) is 58.2 Å². The summed E-state index contributed by atoms with van der Waals surface area (Å²) in [6.07, 6.45) is -4.66. The van der Waals surface area contributed by atoms with Crippen LogP contribution in [-0.4, -0.2) is 36.5 Å². The Hall–Kier alpha value is -3.17. The first-order chi connectivity index (χ1) is 15.6. The van der Waals surface area contributed by atoms with Crippen LogP contribution in [0.1, 0.15) is 57.6 Å². The van der Waals surface area contributed by atoms with Crippen LogP contribution in [0.25, 0.3) is 0 Å². The van der Waals surface area contributed by atoms with Crippen molar-refractivity contribution in [2.45, 2.75) is 58.7 Å². The van der Waals surface area contributed by atoms with Crippen molar-refractivity contribution in [2.24, 2.45) is 0 Å². The summed E-state index contributed by atoms with van der Waals surface area (Å²) in [6, 6.07) is 4.52. The standard InChI is InChI=1S/C23H26F3NO6/c1-5-30-21(28)32-19-13(3)27(17-11-12-17)14(4)20(33-22(29)31-6-2)18(19)15-7-9-16(10-8-15)23(24,25)26/h7-10,17-18H,5-6,11-12H2,1-4H3. The molecule has 0 unspecified atom stereocenters. The van der Waals surface area contributed by atoms with Gasteiger partial charge in [0.1, 0.15) is 17.4 Å². The molecule has 180 valence electrons. The van der Waals surface area contributed by atoms with E-state index in [1.54, 1.807) is 27.7 Å². The number of ether oxygens (including phenoxy) is 4. The first-order valence-corrected chi connectivity index (χ1v) is 10.7. The molecule has 0 radical (unpaired) electrons. The number of hydrogen-bond acceptors (Lipinski definition) is 7. The van der Waals surface area contributed by atoms with E-state index >= 15 is 0 Å². The monoisotopic (exact) mass is 469 g/mol. The molecule has 2 aliphatic rings. The molecule has 1 aromatic carbocycles. The van der Waals surface area contributed by atoms with Crippen LogP contribution in [0.4, 0.5) is 22.8 Å². The molecule has 1 saturated carbocycles. The van der Waals surface area contributed by atoms with Crippen LogP contribution >= 0.6 is 0 Å². The Morgan fingerprint density at radius 3 is 1.73 bits per heavy atom. The third-order valence-corrected chi connectivity index (χ3v) is 5.35. The maximum atomic E-state index is 13.1. The average Bonchev–Trinajstić information content (AvgIpc) is 3.57. The van der Waals surface area contributed by atoms with E-state index < -0.39 is 30.0 Å². The van der Waals surface area contributed by atoms with Crippen LogP contribution in [0.3, 0.4) is 0 Å². The van der Waals surface area contributed by atoms with Crippen LogP contribution < -0.4 is 0 Å². The van der Waals surface area contributed by atoms with E-state index in [2.05, 4.69) is 0 Å². The maximum Gasteiger partial charge on any atom is 0.513 e. The second-order valence-electron chi connectivity index (χ2n) is 7.62. The zero-order valence-electron chi connectivity index (χ0n) is 18.8. The topological polar surface area (TPSA) is 74.3 Å². The number of halogens is 3. The molecule has 1 heterocycles. The molecule has 1 aliphatic carbocycles. The van der Waals surface area contributed by atoms with Gasteiger partial charge in [-0.15, -0.1) is 0 Å². The Kier molecular flexibility index (Phi) is 7.24. The molecule has 7 nitrogen and oxygen atoms in total. The molecule has 0 bridgehead atoms. The SMILES string of the molecule is CCOC(=O)OC1=C(C)N(C2CC2)C(C)=C(OC(=O)OCC)C1c1ccc(C(F)(F)F)cc1. The summed E-state index contributed by atoms with van der Waals surface area (Å²) in [4.78, 5) is 26.4. The van der Waals surface area contributed by atoms with Crippen molar-refractivity contribution in [1.82, 2.24) is 4.90 Å². The summed E-state index contributed by atoms with van der Waals surface area (Å²) in [5, 5.41) is 0. The van der Waals surface area contributed by atoms with Gasteiger partial charge in [0.25, 0.3) is 0 Å². The quantitative estimate of drug-likeness (QED) is 0.468. The van der Waals surface area contributed by atoms with Gasteiger partial charge >= 0.3 is 18.5 Å². The number of hydrogen-bond donors (Lipinski definition) is 0. The number of rotatable bonds is 6. The van der Waals surface area contributed by atoms with Crippen molar-refractivity contribution in [2.75, 3.05) is 13.2 Å². The Bertz CT molecular complexity index is 919. The van der Waals surface area contributed by atoms with Gasteiger partial charge in [-0.25, -0.2) is 9.59 Å². The van der Waals surface area contributed by atoms with Gasteiger partial charge in [-0.1, -0.05) is 12.1 Å². The minimum atomic E-state index is -4.51. The van der Waals surface area contributed by atoms with Crippen LogP contribution in [0.15, 0.2) is 47.2 Å². The minimum absolute atomic E-state index is 0.0729. The fourth-order valence-corrected chi connectivity index (χ4v) is 3.81. The lowest BCUT2D eigenvalue weighted by Crippen LogP contribution is -2.34. The summed E-state index contributed by atoms with van der Waals surface area (Å²) in [7, 11) is 0. The molecule has 0 spiro atoms. The predicted molar refractivity (Wildman–Crippen MR) is 111 cm³/mol. The van der Waals surface area contributed by atoms with Crippen LogP contribution in [0, 0.1) is 0 Å². The third-order valence-electron chi connectivity index (χ3n) is 5.35. The second kappa shape index (κ2) is 9.76. The van der Waals surface area contributed by atoms with E-state index in [-0.39, 0.29) is 30.8 Å². The Morgan fingerprint density at radius 2 is 1.36 bits per heavy atom. The highest BCUT2D eigenvalue weighted by molar-refractivity contribution is 5.65. The van der Waals surface area contributed by atoms with Crippen molar-refractivity contribution < 1.29 is 41.7 Å². The van der Waals surface area contributed by atoms with E-state index in [9.17, 15) is 22.8 Å². The van der Waals surface area contributed by atoms with Gasteiger partial charge in [0, 0.05) is 6.04 Å². The van der Waals surface area contributed by atoms with Crippen molar-refractivity contribution in [3.05, 3.63) is 58.3 Å². The number of allylic oxidation sites excluding steroid dienone is 2. The zero-order valence-corrected chi connectivity index (χ0v) is 18.8. The fourth-order valence-electron chi connectivity index (χ4n) is 3.81. The second-order valence-corrected chi connectivity index (χ2v) is 7.62. The van der Waals surface area contributed by atoms with E-state index in [0.717, 1.165) is 25.0 Å². The molecule has 0 aromatic heterocycles. The lowest BCUT2D eigenvalue weighted by atomic mass is 9.89. The van der Waals surface area contributed by atoms with E-state index in [4.69, 9.17) is 18.9 Å². The van der Waals surface area contributed by atoms with Gasteiger partial charge in [0.15, 0.2) is 0 Å². The summed E-state index contributed by atoms with van der Waals surface area (Å²) in [5.74, 6) is -0.730. The first kappa shape index (κ1) is 24.5. The minimum Gasteiger partial charge on any atom is -0.434 e. The highest BCUT2D eigenvalue weighted by Gasteiger charge is 2.43. The molecule has 3 rings (SSSR count). The molecule has 0 amide bonds. The van der Waals surface area contributed by atoms with Crippen LogP contribution in [0.5, 0.6) is 0 Å². The Labute approximate surface area is 189 Å². The lowest BCUT2D eigenvalue weighted by molar-refractivity contribution is -0.137. The Balaban J connectivity index is 2.12. The predicted octanol–water partition coefficient (Wildman–Crippen LogP) is 6.08. The highest BCUT2D eigenvalue weighted by Crippen LogP contribution is 2.47. The van der Waals surface area contributed by atoms with E-state index in [1.165, 1.54) is 12.1 Å².